The highest BCUT2D eigenvalue weighted by Gasteiger charge is 2.28. The second-order valence-electron chi connectivity index (χ2n) is 7.67. The number of amides is 1. The van der Waals surface area contributed by atoms with Crippen molar-refractivity contribution in [3.05, 3.63) is 78.4 Å². The molecule has 0 saturated carbocycles. The Labute approximate surface area is 206 Å². The lowest BCUT2D eigenvalue weighted by atomic mass is 10.0. The zero-order valence-electron chi connectivity index (χ0n) is 20.2. The number of hydrogen-bond donors (Lipinski definition) is 1. The van der Waals surface area contributed by atoms with Gasteiger partial charge in [-0.15, -0.1) is 0 Å². The van der Waals surface area contributed by atoms with Crippen LogP contribution in [0, 0.1) is 0 Å². The molecule has 8 nitrogen and oxygen atoms in total. The minimum atomic E-state index is -4.02. The normalized spacial score (nSPS) is 11.9. The van der Waals surface area contributed by atoms with Crippen LogP contribution < -0.4 is 23.8 Å². The Balaban J connectivity index is 1.91. The van der Waals surface area contributed by atoms with Gasteiger partial charge >= 0.3 is 0 Å². The Hall–Kier alpha value is -3.72. The Morgan fingerprint density at radius 1 is 0.886 bits per heavy atom. The van der Waals surface area contributed by atoms with Crippen LogP contribution in [0.5, 0.6) is 17.2 Å². The predicted octanol–water partition coefficient (Wildman–Crippen LogP) is 4.18. The molecule has 0 radical (unpaired) electrons. The molecule has 35 heavy (non-hydrogen) atoms. The minimum Gasteiger partial charge on any atom is -0.497 e. The fourth-order valence-corrected chi connectivity index (χ4v) is 5.10. The molecule has 0 aromatic heterocycles. The van der Waals surface area contributed by atoms with E-state index in [1.165, 1.54) is 19.2 Å². The zero-order chi connectivity index (χ0) is 25.4. The Bertz CT molecular complexity index is 1250. The third-order valence-electron chi connectivity index (χ3n) is 5.51. The van der Waals surface area contributed by atoms with Gasteiger partial charge in [0.1, 0.15) is 12.3 Å². The molecule has 0 heterocycles. The van der Waals surface area contributed by atoms with E-state index in [0.29, 0.717) is 29.4 Å². The fraction of sp³-hybridized carbons (Fsp3) is 0.269. The molecule has 1 atom stereocenters. The van der Waals surface area contributed by atoms with Crippen molar-refractivity contribution in [2.45, 2.75) is 24.3 Å². The van der Waals surface area contributed by atoms with Crippen LogP contribution in [0.4, 0.5) is 5.69 Å². The van der Waals surface area contributed by atoms with Gasteiger partial charge in [0.05, 0.1) is 38.0 Å². The number of carbonyl (C=O) groups excluding carboxylic acids is 1. The summed E-state index contributed by atoms with van der Waals surface area (Å²) in [5.74, 6) is 1.15. The van der Waals surface area contributed by atoms with Gasteiger partial charge in [0.25, 0.3) is 10.0 Å². The van der Waals surface area contributed by atoms with Crippen LogP contribution in [0.25, 0.3) is 0 Å². The Morgan fingerprint density at radius 2 is 1.60 bits per heavy atom. The first-order valence-electron chi connectivity index (χ1n) is 11.1. The molecule has 0 aliphatic carbocycles. The predicted molar refractivity (Wildman–Crippen MR) is 135 cm³/mol. The maximum Gasteiger partial charge on any atom is 0.264 e. The third-order valence-corrected chi connectivity index (χ3v) is 7.30. The highest BCUT2D eigenvalue weighted by atomic mass is 32.2. The van der Waals surface area contributed by atoms with Gasteiger partial charge < -0.3 is 19.5 Å². The van der Waals surface area contributed by atoms with Gasteiger partial charge in [0.15, 0.2) is 11.5 Å². The van der Waals surface area contributed by atoms with Crippen molar-refractivity contribution in [3.63, 3.8) is 0 Å². The van der Waals surface area contributed by atoms with Gasteiger partial charge in [0.2, 0.25) is 5.91 Å². The molecule has 9 heteroatoms. The van der Waals surface area contributed by atoms with Crippen molar-refractivity contribution in [1.29, 1.82) is 0 Å². The molecule has 3 aromatic rings. The SMILES string of the molecule is CCC(NC(=O)CN(c1cccc(OC)c1)S(=O)(=O)c1ccccc1)c1ccc(OC)c(OC)c1. The first-order chi connectivity index (χ1) is 16.8. The van der Waals surface area contributed by atoms with Crippen molar-refractivity contribution >= 4 is 21.6 Å². The van der Waals surface area contributed by atoms with E-state index < -0.39 is 22.5 Å². The molecule has 1 N–H and O–H groups in total. The van der Waals surface area contributed by atoms with Crippen molar-refractivity contribution in [1.82, 2.24) is 5.32 Å². The first-order valence-corrected chi connectivity index (χ1v) is 12.5. The van der Waals surface area contributed by atoms with Crippen LogP contribution in [0.3, 0.4) is 0 Å². The third kappa shape index (κ3) is 6.05. The van der Waals surface area contributed by atoms with Crippen LogP contribution in [-0.4, -0.2) is 42.2 Å². The van der Waals surface area contributed by atoms with Gasteiger partial charge in [-0.25, -0.2) is 8.42 Å². The van der Waals surface area contributed by atoms with E-state index in [9.17, 15) is 13.2 Å². The van der Waals surface area contributed by atoms with Crippen LogP contribution in [0.15, 0.2) is 77.7 Å². The topological polar surface area (TPSA) is 94.2 Å². The number of sulfonamides is 1. The number of carbonyl (C=O) groups is 1. The van der Waals surface area contributed by atoms with Crippen LogP contribution in [0.1, 0.15) is 24.9 Å². The number of benzene rings is 3. The van der Waals surface area contributed by atoms with E-state index in [0.717, 1.165) is 9.87 Å². The van der Waals surface area contributed by atoms with Crippen molar-refractivity contribution in [3.8, 4) is 17.2 Å². The monoisotopic (exact) mass is 498 g/mol. The number of nitrogens with one attached hydrogen (secondary N) is 1. The van der Waals surface area contributed by atoms with Gasteiger partial charge in [-0.2, -0.15) is 0 Å². The van der Waals surface area contributed by atoms with E-state index in [4.69, 9.17) is 14.2 Å². The molecule has 0 spiro atoms. The minimum absolute atomic E-state index is 0.0857. The summed E-state index contributed by atoms with van der Waals surface area (Å²) >= 11 is 0. The molecule has 186 valence electrons. The summed E-state index contributed by atoms with van der Waals surface area (Å²) in [5, 5.41) is 2.95. The maximum atomic E-state index is 13.5. The van der Waals surface area contributed by atoms with E-state index in [1.807, 2.05) is 13.0 Å². The summed E-state index contributed by atoms with van der Waals surface area (Å²) in [6.07, 6.45) is 0.589. The quantitative estimate of drug-likeness (QED) is 0.426. The largest absolute Gasteiger partial charge is 0.497 e. The van der Waals surface area contributed by atoms with Gasteiger partial charge in [0, 0.05) is 6.07 Å². The molecule has 3 aromatic carbocycles. The molecule has 0 aliphatic heterocycles. The summed E-state index contributed by atoms with van der Waals surface area (Å²) < 4.78 is 44.1. The van der Waals surface area contributed by atoms with E-state index in [2.05, 4.69) is 5.32 Å². The van der Waals surface area contributed by atoms with Crippen LogP contribution in [0.2, 0.25) is 0 Å². The smallest absolute Gasteiger partial charge is 0.264 e. The summed E-state index contributed by atoms with van der Waals surface area (Å²) in [6.45, 7) is 1.52. The van der Waals surface area contributed by atoms with E-state index in [1.54, 1.807) is 68.8 Å². The maximum absolute atomic E-state index is 13.5. The number of ether oxygens (including phenoxy) is 3. The first kappa shape index (κ1) is 25.9. The standard InChI is InChI=1S/C26H30N2O6S/c1-5-23(19-14-15-24(33-3)25(16-19)34-4)27-26(29)18-28(20-10-9-11-21(17-20)32-2)35(30,31)22-12-7-6-8-13-22/h6-17,23H,5,18H2,1-4H3,(H,27,29). The molecule has 0 aliphatic rings. The molecular formula is C26H30N2O6S. The fourth-order valence-electron chi connectivity index (χ4n) is 3.66. The van der Waals surface area contributed by atoms with Gasteiger partial charge in [-0.3, -0.25) is 9.10 Å². The summed E-state index contributed by atoms with van der Waals surface area (Å²) in [7, 11) is 0.572. The molecule has 0 bridgehead atoms. The number of methoxy groups -OCH3 is 3. The van der Waals surface area contributed by atoms with Crippen molar-refractivity contribution < 1.29 is 27.4 Å². The molecule has 3 rings (SSSR count). The van der Waals surface area contributed by atoms with Gasteiger partial charge in [-0.1, -0.05) is 37.3 Å². The van der Waals surface area contributed by atoms with Crippen molar-refractivity contribution in [2.75, 3.05) is 32.2 Å². The second kappa shape index (κ2) is 11.6. The molecule has 0 saturated heterocycles. The number of nitrogens with zero attached hydrogens (tertiary/aromatic N) is 1. The average molecular weight is 499 g/mol. The molecule has 1 unspecified atom stereocenters. The Morgan fingerprint density at radius 3 is 2.23 bits per heavy atom. The molecule has 1 amide bonds. The highest BCUT2D eigenvalue weighted by molar-refractivity contribution is 7.92. The highest BCUT2D eigenvalue weighted by Crippen LogP contribution is 2.31. The average Bonchev–Trinajstić information content (AvgIpc) is 2.90. The lowest BCUT2D eigenvalue weighted by Crippen LogP contribution is -2.42. The van der Waals surface area contributed by atoms with Crippen LogP contribution in [-0.2, 0) is 14.8 Å². The van der Waals surface area contributed by atoms with Gasteiger partial charge in [-0.05, 0) is 48.4 Å². The van der Waals surface area contributed by atoms with E-state index in [-0.39, 0.29) is 10.9 Å². The van der Waals surface area contributed by atoms with E-state index >= 15 is 0 Å². The number of anilines is 1. The van der Waals surface area contributed by atoms with Crippen LogP contribution >= 0.6 is 0 Å². The number of rotatable bonds is 11. The zero-order valence-corrected chi connectivity index (χ0v) is 21.0. The lowest BCUT2D eigenvalue weighted by Gasteiger charge is -2.26. The summed E-state index contributed by atoms with van der Waals surface area (Å²) in [6, 6.07) is 19.7. The van der Waals surface area contributed by atoms with Crippen molar-refractivity contribution in [2.24, 2.45) is 0 Å². The summed E-state index contributed by atoms with van der Waals surface area (Å²) in [4.78, 5) is 13.3. The second-order valence-corrected chi connectivity index (χ2v) is 9.53. The Kier molecular flexibility index (Phi) is 8.59. The lowest BCUT2D eigenvalue weighted by molar-refractivity contribution is -0.120. The number of hydrogen-bond acceptors (Lipinski definition) is 6. The molecular weight excluding hydrogens is 468 g/mol. The molecule has 0 fully saturated rings. The summed E-state index contributed by atoms with van der Waals surface area (Å²) in [5.41, 5.74) is 1.14.